The Labute approximate surface area is 196 Å². The van der Waals surface area contributed by atoms with E-state index in [0.717, 1.165) is 5.56 Å². The second-order valence-corrected chi connectivity index (χ2v) is 7.14. The maximum atomic E-state index is 12.4. The van der Waals surface area contributed by atoms with E-state index in [-0.39, 0.29) is 17.2 Å². The maximum absolute atomic E-state index is 12.4. The number of hydrogen-bond donors (Lipinski definition) is 2. The van der Waals surface area contributed by atoms with Crippen molar-refractivity contribution in [3.63, 3.8) is 0 Å². The van der Waals surface area contributed by atoms with Gasteiger partial charge in [0.05, 0.1) is 19.0 Å². The number of aromatic nitrogens is 2. The molecule has 4 aromatic rings. The van der Waals surface area contributed by atoms with Crippen LogP contribution in [0.2, 0.25) is 0 Å². The van der Waals surface area contributed by atoms with Crippen molar-refractivity contribution in [1.82, 2.24) is 9.97 Å². The minimum atomic E-state index is -0.553. The first-order valence-electron chi connectivity index (χ1n) is 10.4. The van der Waals surface area contributed by atoms with Crippen LogP contribution in [0.3, 0.4) is 0 Å². The number of para-hydroxylation sites is 1. The minimum Gasteiger partial charge on any atom is -0.493 e. The van der Waals surface area contributed by atoms with Crippen LogP contribution in [0.25, 0.3) is 11.3 Å². The van der Waals surface area contributed by atoms with E-state index in [1.807, 2.05) is 66.7 Å². The number of nitrogens with one attached hydrogen (secondary N) is 2. The van der Waals surface area contributed by atoms with E-state index in [4.69, 9.17) is 9.47 Å². The van der Waals surface area contributed by atoms with E-state index < -0.39 is 5.56 Å². The molecule has 0 atom stereocenters. The third-order valence-electron chi connectivity index (χ3n) is 4.91. The van der Waals surface area contributed by atoms with Gasteiger partial charge in [-0.1, -0.05) is 66.7 Å². The summed E-state index contributed by atoms with van der Waals surface area (Å²) in [4.78, 5) is 19.3. The van der Waals surface area contributed by atoms with Gasteiger partial charge in [-0.05, 0) is 17.7 Å². The summed E-state index contributed by atoms with van der Waals surface area (Å²) < 4.78 is 11.5. The molecule has 0 amide bonds. The van der Waals surface area contributed by atoms with E-state index >= 15 is 0 Å². The van der Waals surface area contributed by atoms with Crippen LogP contribution >= 0.6 is 0 Å². The zero-order valence-corrected chi connectivity index (χ0v) is 18.4. The van der Waals surface area contributed by atoms with Crippen LogP contribution in [0.15, 0.2) is 88.8 Å². The highest BCUT2D eigenvalue weighted by molar-refractivity contribution is 5.85. The molecule has 4 rings (SSSR count). The Kier molecular flexibility index (Phi) is 6.96. The number of H-pyrrole nitrogens is 1. The number of hydrogen-bond acceptors (Lipinski definition) is 7. The summed E-state index contributed by atoms with van der Waals surface area (Å²) in [7, 11) is 1.57. The van der Waals surface area contributed by atoms with Crippen molar-refractivity contribution < 1.29 is 9.47 Å². The van der Waals surface area contributed by atoms with Gasteiger partial charge in [-0.3, -0.25) is 9.78 Å². The van der Waals surface area contributed by atoms with Crippen LogP contribution in [0.5, 0.6) is 11.5 Å². The topological polar surface area (TPSA) is 112 Å². The molecule has 168 valence electrons. The van der Waals surface area contributed by atoms with Crippen molar-refractivity contribution in [2.75, 3.05) is 12.5 Å². The van der Waals surface area contributed by atoms with Gasteiger partial charge in [0.15, 0.2) is 11.5 Å². The number of anilines is 1. The van der Waals surface area contributed by atoms with E-state index in [1.165, 1.54) is 0 Å². The molecule has 1 aromatic heterocycles. The summed E-state index contributed by atoms with van der Waals surface area (Å²) in [6, 6.07) is 26.2. The van der Waals surface area contributed by atoms with E-state index in [2.05, 4.69) is 20.5 Å². The Hall–Kier alpha value is -4.90. The molecule has 0 aliphatic heterocycles. The molecule has 3 aromatic carbocycles. The molecule has 0 spiro atoms. The van der Waals surface area contributed by atoms with Gasteiger partial charge < -0.3 is 9.47 Å². The highest BCUT2D eigenvalue weighted by atomic mass is 16.5. The lowest BCUT2D eigenvalue weighted by atomic mass is 10.1. The minimum absolute atomic E-state index is 0.0647. The number of hydrazone groups is 1. The van der Waals surface area contributed by atoms with Crippen LogP contribution in [0.1, 0.15) is 16.7 Å². The van der Waals surface area contributed by atoms with Crippen LogP contribution in [-0.2, 0) is 6.61 Å². The van der Waals surface area contributed by atoms with Crippen LogP contribution in [0.4, 0.5) is 5.95 Å². The molecular formula is C26H21N5O3. The predicted molar refractivity (Wildman–Crippen MR) is 130 cm³/mol. The summed E-state index contributed by atoms with van der Waals surface area (Å²) in [5, 5.41) is 13.6. The van der Waals surface area contributed by atoms with Gasteiger partial charge >= 0.3 is 0 Å². The number of nitriles is 1. The Balaban J connectivity index is 1.59. The van der Waals surface area contributed by atoms with Gasteiger partial charge in [0.25, 0.3) is 5.56 Å². The molecule has 0 unspecified atom stereocenters. The number of rotatable bonds is 8. The van der Waals surface area contributed by atoms with Gasteiger partial charge in [-0.15, -0.1) is 0 Å². The molecule has 0 radical (unpaired) electrons. The van der Waals surface area contributed by atoms with Crippen molar-refractivity contribution in [1.29, 1.82) is 5.26 Å². The molecule has 0 aliphatic carbocycles. The molecule has 8 heteroatoms. The Morgan fingerprint density at radius 1 is 1.06 bits per heavy atom. The Bertz CT molecular complexity index is 1390. The summed E-state index contributed by atoms with van der Waals surface area (Å²) in [6.07, 6.45) is 1.54. The zero-order valence-electron chi connectivity index (χ0n) is 18.4. The van der Waals surface area contributed by atoms with Gasteiger partial charge in [-0.2, -0.15) is 10.4 Å². The number of methoxy groups -OCH3 is 1. The largest absolute Gasteiger partial charge is 0.493 e. The van der Waals surface area contributed by atoms with Crippen LogP contribution in [-0.4, -0.2) is 23.3 Å². The fourth-order valence-corrected chi connectivity index (χ4v) is 3.28. The molecule has 8 nitrogen and oxygen atoms in total. The molecule has 0 saturated carbocycles. The standard InChI is InChI=1S/C26H21N5O3/c1-33-22-14-8-13-20(24(22)34-17-18-9-4-2-5-10-18)16-28-31-26-29-23(19-11-6-3-7-12-19)21(15-27)25(32)30-26/h2-14,16H,17H2,1H3,(H2,29,30,31,32). The van der Waals surface area contributed by atoms with Crippen molar-refractivity contribution in [2.45, 2.75) is 6.61 Å². The summed E-state index contributed by atoms with van der Waals surface area (Å²) >= 11 is 0. The Morgan fingerprint density at radius 2 is 1.79 bits per heavy atom. The van der Waals surface area contributed by atoms with E-state index in [9.17, 15) is 10.1 Å². The quantitative estimate of drug-likeness (QED) is 0.304. The zero-order chi connectivity index (χ0) is 23.8. The summed E-state index contributed by atoms with van der Waals surface area (Å²) in [6.45, 7) is 0.362. The first-order chi connectivity index (χ1) is 16.7. The van der Waals surface area contributed by atoms with Crippen molar-refractivity contribution in [3.8, 4) is 28.8 Å². The molecule has 0 aliphatic rings. The second kappa shape index (κ2) is 10.6. The third-order valence-corrected chi connectivity index (χ3v) is 4.91. The first-order valence-corrected chi connectivity index (χ1v) is 10.4. The average Bonchev–Trinajstić information content (AvgIpc) is 2.88. The SMILES string of the molecule is COc1cccc(C=NNc2nc(-c3ccccc3)c(C#N)c(=O)[nH]2)c1OCc1ccccc1. The van der Waals surface area contributed by atoms with Gasteiger partial charge in [0, 0.05) is 11.1 Å². The van der Waals surface area contributed by atoms with Crippen LogP contribution in [0, 0.1) is 11.3 Å². The smallest absolute Gasteiger partial charge is 0.270 e. The van der Waals surface area contributed by atoms with E-state index in [0.29, 0.717) is 29.2 Å². The number of ether oxygens (including phenoxy) is 2. The van der Waals surface area contributed by atoms with Crippen molar-refractivity contribution >= 4 is 12.2 Å². The van der Waals surface area contributed by atoms with E-state index in [1.54, 1.807) is 31.5 Å². The van der Waals surface area contributed by atoms with Gasteiger partial charge in [0.2, 0.25) is 5.95 Å². The molecule has 2 N–H and O–H groups in total. The molecule has 0 bridgehead atoms. The van der Waals surface area contributed by atoms with Crippen molar-refractivity contribution in [2.24, 2.45) is 5.10 Å². The lowest BCUT2D eigenvalue weighted by molar-refractivity contribution is 0.284. The molecule has 1 heterocycles. The highest BCUT2D eigenvalue weighted by Crippen LogP contribution is 2.31. The monoisotopic (exact) mass is 451 g/mol. The average molecular weight is 451 g/mol. The Morgan fingerprint density at radius 3 is 2.50 bits per heavy atom. The lowest BCUT2D eigenvalue weighted by Crippen LogP contribution is -2.16. The summed E-state index contributed by atoms with van der Waals surface area (Å²) in [5.41, 5.74) is 4.73. The fourth-order valence-electron chi connectivity index (χ4n) is 3.28. The molecule has 0 fully saturated rings. The van der Waals surface area contributed by atoms with Crippen LogP contribution < -0.4 is 20.5 Å². The number of aromatic amines is 1. The fraction of sp³-hybridized carbons (Fsp3) is 0.0769. The lowest BCUT2D eigenvalue weighted by Gasteiger charge is -2.13. The number of nitrogens with zero attached hydrogens (tertiary/aromatic N) is 3. The molecule has 34 heavy (non-hydrogen) atoms. The highest BCUT2D eigenvalue weighted by Gasteiger charge is 2.13. The van der Waals surface area contributed by atoms with Gasteiger partial charge in [0.1, 0.15) is 18.2 Å². The normalized spacial score (nSPS) is 10.6. The number of benzene rings is 3. The second-order valence-electron chi connectivity index (χ2n) is 7.14. The maximum Gasteiger partial charge on any atom is 0.270 e. The molecule has 0 saturated heterocycles. The summed E-state index contributed by atoms with van der Waals surface area (Å²) in [5.74, 6) is 1.20. The van der Waals surface area contributed by atoms with Crippen molar-refractivity contribution in [3.05, 3.63) is 106 Å². The first kappa shape index (κ1) is 22.3. The third kappa shape index (κ3) is 5.11. The predicted octanol–water partition coefficient (Wildman–Crippen LogP) is 4.34. The van der Waals surface area contributed by atoms with Gasteiger partial charge in [-0.25, -0.2) is 10.4 Å². The molecular weight excluding hydrogens is 430 g/mol.